The standard InChI is InChI=1S/C20H29ClN2O4/c1-15(2)14-27-20(24)23-6-3-5-22(7-8-23)13-16-11-17(21)19-18(12-16)25-9-4-10-26-19/h11-12,15H,3-10,13-14H2,1-2H3. The molecule has 0 unspecified atom stereocenters. The zero-order chi connectivity index (χ0) is 19.2. The van der Waals surface area contributed by atoms with Crippen molar-refractivity contribution in [3.05, 3.63) is 22.7 Å². The van der Waals surface area contributed by atoms with Crippen LogP contribution >= 0.6 is 11.6 Å². The third-order valence-electron chi connectivity index (χ3n) is 4.65. The number of ether oxygens (including phenoxy) is 3. The summed E-state index contributed by atoms with van der Waals surface area (Å²) in [6.07, 6.45) is 1.58. The molecule has 2 aliphatic rings. The number of carbonyl (C=O) groups excluding carboxylic acids is 1. The van der Waals surface area contributed by atoms with E-state index in [0.29, 0.717) is 43.1 Å². The van der Waals surface area contributed by atoms with Gasteiger partial charge in [0.2, 0.25) is 0 Å². The van der Waals surface area contributed by atoms with Crippen molar-refractivity contribution in [1.29, 1.82) is 0 Å². The maximum atomic E-state index is 12.2. The molecule has 1 aromatic carbocycles. The number of halogens is 1. The van der Waals surface area contributed by atoms with E-state index in [1.807, 2.05) is 30.9 Å². The van der Waals surface area contributed by atoms with Crippen LogP contribution in [0.2, 0.25) is 5.02 Å². The van der Waals surface area contributed by atoms with E-state index in [0.717, 1.165) is 50.3 Å². The van der Waals surface area contributed by atoms with Crippen molar-refractivity contribution in [2.24, 2.45) is 5.92 Å². The lowest BCUT2D eigenvalue weighted by Crippen LogP contribution is -2.36. The van der Waals surface area contributed by atoms with Crippen molar-refractivity contribution >= 4 is 17.7 Å². The smallest absolute Gasteiger partial charge is 0.409 e. The van der Waals surface area contributed by atoms with Gasteiger partial charge in [-0.15, -0.1) is 0 Å². The van der Waals surface area contributed by atoms with E-state index in [1.165, 1.54) is 0 Å². The van der Waals surface area contributed by atoms with Crippen LogP contribution in [0.15, 0.2) is 12.1 Å². The van der Waals surface area contributed by atoms with E-state index >= 15 is 0 Å². The molecule has 2 heterocycles. The van der Waals surface area contributed by atoms with Crippen LogP contribution in [0.3, 0.4) is 0 Å². The van der Waals surface area contributed by atoms with E-state index in [2.05, 4.69) is 4.90 Å². The highest BCUT2D eigenvalue weighted by atomic mass is 35.5. The second kappa shape index (κ2) is 9.51. The maximum absolute atomic E-state index is 12.2. The van der Waals surface area contributed by atoms with Crippen molar-refractivity contribution < 1.29 is 19.0 Å². The van der Waals surface area contributed by atoms with Crippen LogP contribution in [0.4, 0.5) is 4.79 Å². The molecule has 2 aliphatic heterocycles. The molecule has 150 valence electrons. The molecule has 0 saturated carbocycles. The Morgan fingerprint density at radius 3 is 2.78 bits per heavy atom. The molecule has 0 radical (unpaired) electrons. The Balaban J connectivity index is 1.58. The first-order valence-electron chi connectivity index (χ1n) is 9.75. The van der Waals surface area contributed by atoms with Crippen molar-refractivity contribution in [3.8, 4) is 11.5 Å². The number of fused-ring (bicyclic) bond motifs is 1. The maximum Gasteiger partial charge on any atom is 0.409 e. The number of amides is 1. The topological polar surface area (TPSA) is 51.2 Å². The molecule has 1 amide bonds. The average Bonchev–Trinajstić information content (AvgIpc) is 3.00. The zero-order valence-corrected chi connectivity index (χ0v) is 17.0. The Morgan fingerprint density at radius 1 is 1.15 bits per heavy atom. The van der Waals surface area contributed by atoms with Crippen molar-refractivity contribution in [2.45, 2.75) is 33.2 Å². The van der Waals surface area contributed by atoms with Gasteiger partial charge in [0.25, 0.3) is 0 Å². The number of benzene rings is 1. The van der Waals surface area contributed by atoms with Crippen LogP contribution in [-0.2, 0) is 11.3 Å². The number of rotatable bonds is 4. The third-order valence-corrected chi connectivity index (χ3v) is 4.94. The molecule has 27 heavy (non-hydrogen) atoms. The minimum Gasteiger partial charge on any atom is -0.489 e. The fourth-order valence-electron chi connectivity index (χ4n) is 3.27. The van der Waals surface area contributed by atoms with Crippen LogP contribution in [-0.4, -0.2) is 61.9 Å². The SMILES string of the molecule is CC(C)COC(=O)N1CCCN(Cc2cc(Cl)c3c(c2)OCCCO3)CC1. The van der Waals surface area contributed by atoms with Gasteiger partial charge in [0.05, 0.1) is 24.8 Å². The molecular formula is C20H29ClN2O4. The Hall–Kier alpha value is -1.66. The molecule has 0 aromatic heterocycles. The first-order chi connectivity index (χ1) is 13.0. The molecule has 1 saturated heterocycles. The largest absolute Gasteiger partial charge is 0.489 e. The summed E-state index contributed by atoms with van der Waals surface area (Å²) in [5, 5.41) is 0.595. The molecule has 0 bridgehead atoms. The summed E-state index contributed by atoms with van der Waals surface area (Å²) in [4.78, 5) is 16.3. The van der Waals surface area contributed by atoms with Crippen molar-refractivity contribution in [1.82, 2.24) is 9.80 Å². The number of carbonyl (C=O) groups is 1. The number of hydrogen-bond acceptors (Lipinski definition) is 5. The monoisotopic (exact) mass is 396 g/mol. The molecule has 1 fully saturated rings. The summed E-state index contributed by atoms with van der Waals surface area (Å²) in [6, 6.07) is 3.97. The van der Waals surface area contributed by atoms with Crippen LogP contribution in [0.5, 0.6) is 11.5 Å². The second-order valence-corrected chi connectivity index (χ2v) is 7.95. The summed E-state index contributed by atoms with van der Waals surface area (Å²) in [5.74, 6) is 1.72. The van der Waals surface area contributed by atoms with Gasteiger partial charge in [-0.2, -0.15) is 0 Å². The van der Waals surface area contributed by atoms with Gasteiger partial charge in [-0.3, -0.25) is 4.90 Å². The second-order valence-electron chi connectivity index (χ2n) is 7.54. The Labute approximate surface area is 166 Å². The normalized spacial score (nSPS) is 18.1. The van der Waals surface area contributed by atoms with Gasteiger partial charge in [-0.1, -0.05) is 25.4 Å². The van der Waals surface area contributed by atoms with E-state index in [-0.39, 0.29) is 6.09 Å². The van der Waals surface area contributed by atoms with Crippen molar-refractivity contribution in [3.63, 3.8) is 0 Å². The number of hydrogen-bond donors (Lipinski definition) is 0. The summed E-state index contributed by atoms with van der Waals surface area (Å²) in [5.41, 5.74) is 1.10. The predicted octanol–water partition coefficient (Wildman–Crippen LogP) is 3.80. The predicted molar refractivity (Wildman–Crippen MR) is 105 cm³/mol. The first kappa shape index (κ1) is 20.1. The molecule has 0 atom stereocenters. The van der Waals surface area contributed by atoms with Gasteiger partial charge in [0.1, 0.15) is 0 Å². The quantitative estimate of drug-likeness (QED) is 0.774. The van der Waals surface area contributed by atoms with Gasteiger partial charge in [-0.25, -0.2) is 4.79 Å². The Kier molecular flexibility index (Phi) is 7.07. The molecular weight excluding hydrogens is 368 g/mol. The highest BCUT2D eigenvalue weighted by Gasteiger charge is 2.22. The molecule has 6 nitrogen and oxygen atoms in total. The van der Waals surface area contributed by atoms with Crippen LogP contribution in [0.25, 0.3) is 0 Å². The van der Waals surface area contributed by atoms with Gasteiger partial charge in [-0.05, 0) is 30.0 Å². The zero-order valence-electron chi connectivity index (χ0n) is 16.2. The fraction of sp³-hybridized carbons (Fsp3) is 0.650. The molecule has 0 N–H and O–H groups in total. The average molecular weight is 397 g/mol. The van der Waals surface area contributed by atoms with Gasteiger partial charge in [0, 0.05) is 39.1 Å². The highest BCUT2D eigenvalue weighted by molar-refractivity contribution is 6.32. The summed E-state index contributed by atoms with van der Waals surface area (Å²) >= 11 is 6.40. The third kappa shape index (κ3) is 5.66. The minimum atomic E-state index is -0.204. The highest BCUT2D eigenvalue weighted by Crippen LogP contribution is 2.38. The van der Waals surface area contributed by atoms with E-state index in [1.54, 1.807) is 0 Å². The molecule has 3 rings (SSSR count). The number of nitrogens with zero attached hydrogens (tertiary/aromatic N) is 2. The van der Waals surface area contributed by atoms with E-state index in [9.17, 15) is 4.79 Å². The van der Waals surface area contributed by atoms with E-state index in [4.69, 9.17) is 25.8 Å². The van der Waals surface area contributed by atoms with Crippen molar-refractivity contribution in [2.75, 3.05) is 46.0 Å². The Bertz CT molecular complexity index is 653. The molecule has 1 aromatic rings. The molecule has 0 aliphatic carbocycles. The lowest BCUT2D eigenvalue weighted by molar-refractivity contribution is 0.0930. The molecule has 0 spiro atoms. The lowest BCUT2D eigenvalue weighted by atomic mass is 10.2. The Morgan fingerprint density at radius 2 is 1.96 bits per heavy atom. The minimum absolute atomic E-state index is 0.204. The first-order valence-corrected chi connectivity index (χ1v) is 10.1. The van der Waals surface area contributed by atoms with Gasteiger partial charge in [0.15, 0.2) is 11.5 Å². The summed E-state index contributed by atoms with van der Waals surface area (Å²) in [6.45, 7) is 9.73. The van der Waals surface area contributed by atoms with Gasteiger partial charge < -0.3 is 19.1 Å². The van der Waals surface area contributed by atoms with Gasteiger partial charge >= 0.3 is 6.09 Å². The van der Waals surface area contributed by atoms with Crippen LogP contribution in [0, 0.1) is 5.92 Å². The van der Waals surface area contributed by atoms with Crippen LogP contribution in [0.1, 0.15) is 32.3 Å². The lowest BCUT2D eigenvalue weighted by Gasteiger charge is -2.22. The van der Waals surface area contributed by atoms with E-state index < -0.39 is 0 Å². The van der Waals surface area contributed by atoms with Crippen LogP contribution < -0.4 is 9.47 Å². The summed E-state index contributed by atoms with van der Waals surface area (Å²) < 4.78 is 16.8. The summed E-state index contributed by atoms with van der Waals surface area (Å²) in [7, 11) is 0. The molecule has 7 heteroatoms. The fourth-order valence-corrected chi connectivity index (χ4v) is 3.56.